The van der Waals surface area contributed by atoms with E-state index < -0.39 is 17.4 Å². The number of carbonyl (C=O) groups is 1. The topological polar surface area (TPSA) is 55.8 Å². The lowest BCUT2D eigenvalue weighted by Crippen LogP contribution is -2.62. The molecule has 3 aliphatic rings. The summed E-state index contributed by atoms with van der Waals surface area (Å²) in [4.78, 5) is 16.7. The molecule has 1 saturated carbocycles. The van der Waals surface area contributed by atoms with Gasteiger partial charge >= 0.3 is 5.92 Å². The van der Waals surface area contributed by atoms with E-state index in [-0.39, 0.29) is 18.9 Å². The number of likely N-dealkylation sites (tertiary alicyclic amines) is 2. The molecule has 0 atom stereocenters. The van der Waals surface area contributed by atoms with Gasteiger partial charge in [0.05, 0.1) is 0 Å². The highest BCUT2D eigenvalue weighted by molar-refractivity contribution is 5.85. The first kappa shape index (κ1) is 18.0. The second kappa shape index (κ2) is 6.84. The highest BCUT2D eigenvalue weighted by atomic mass is 19.3. The van der Waals surface area contributed by atoms with Crippen molar-refractivity contribution < 1.29 is 18.7 Å². The van der Waals surface area contributed by atoms with E-state index in [1.807, 2.05) is 0 Å². The molecule has 0 radical (unpaired) electrons. The Morgan fingerprint density at radius 3 is 2.21 bits per heavy atom. The Morgan fingerprint density at radius 1 is 1.12 bits per heavy atom. The van der Waals surface area contributed by atoms with Gasteiger partial charge in [0.25, 0.3) is 5.91 Å². The third-order valence-electron chi connectivity index (χ3n) is 6.12. The Balaban J connectivity index is 1.46. The standard InChI is InChI=1S/C17H29F2N3O2/c1-21-9-5-14(6-10-21)22-11-3-13(4-12-22)20-15(23)17(18,19)16(24)7-2-8-16/h13-14,24H,2-12H2,1H3,(H,20,23). The monoisotopic (exact) mass is 345 g/mol. The van der Waals surface area contributed by atoms with Gasteiger partial charge in [0.2, 0.25) is 0 Å². The SMILES string of the molecule is CN1CCC(N2CCC(NC(=O)C(F)(F)C3(O)CCC3)CC2)CC1. The zero-order chi connectivity index (χ0) is 17.4. The molecular weight excluding hydrogens is 316 g/mol. The van der Waals surface area contributed by atoms with Gasteiger partial charge < -0.3 is 20.2 Å². The van der Waals surface area contributed by atoms with E-state index >= 15 is 0 Å². The molecule has 1 aliphatic carbocycles. The fourth-order valence-corrected chi connectivity index (χ4v) is 4.08. The smallest absolute Gasteiger partial charge is 0.352 e. The van der Waals surface area contributed by atoms with Crippen molar-refractivity contribution in [2.75, 3.05) is 33.2 Å². The van der Waals surface area contributed by atoms with Crippen molar-refractivity contribution >= 4 is 5.91 Å². The number of aliphatic hydroxyl groups is 1. The van der Waals surface area contributed by atoms with Crippen LogP contribution < -0.4 is 5.32 Å². The van der Waals surface area contributed by atoms with Crippen LogP contribution in [-0.2, 0) is 4.79 Å². The van der Waals surface area contributed by atoms with Gasteiger partial charge in [-0.15, -0.1) is 0 Å². The van der Waals surface area contributed by atoms with Gasteiger partial charge in [0.1, 0.15) is 5.60 Å². The zero-order valence-corrected chi connectivity index (χ0v) is 14.4. The van der Waals surface area contributed by atoms with Crippen molar-refractivity contribution in [3.8, 4) is 0 Å². The number of alkyl halides is 2. The van der Waals surface area contributed by atoms with E-state index in [0.29, 0.717) is 25.3 Å². The number of nitrogens with zero attached hydrogens (tertiary/aromatic N) is 2. The normalized spacial score (nSPS) is 27.7. The molecule has 138 valence electrons. The van der Waals surface area contributed by atoms with E-state index in [2.05, 4.69) is 22.2 Å². The van der Waals surface area contributed by atoms with Crippen LogP contribution in [0.3, 0.4) is 0 Å². The summed E-state index contributed by atoms with van der Waals surface area (Å²) in [5.74, 6) is -4.99. The summed E-state index contributed by atoms with van der Waals surface area (Å²) in [6.07, 6.45) is 4.26. The summed E-state index contributed by atoms with van der Waals surface area (Å²) < 4.78 is 28.3. The fourth-order valence-electron chi connectivity index (χ4n) is 4.08. The van der Waals surface area contributed by atoms with E-state index in [4.69, 9.17) is 0 Å². The number of piperidine rings is 2. The number of hydrogen-bond donors (Lipinski definition) is 2. The van der Waals surface area contributed by atoms with Gasteiger partial charge in [0, 0.05) is 25.2 Å². The largest absolute Gasteiger partial charge is 0.383 e. The van der Waals surface area contributed by atoms with Crippen molar-refractivity contribution in [3.05, 3.63) is 0 Å². The Morgan fingerprint density at radius 2 is 1.71 bits per heavy atom. The maximum atomic E-state index is 14.1. The molecule has 0 bridgehead atoms. The molecule has 3 fully saturated rings. The summed E-state index contributed by atoms with van der Waals surface area (Å²) in [6, 6.07) is 0.365. The maximum absolute atomic E-state index is 14.1. The van der Waals surface area contributed by atoms with Crippen molar-refractivity contribution in [2.24, 2.45) is 0 Å². The van der Waals surface area contributed by atoms with E-state index in [1.54, 1.807) is 0 Å². The number of nitrogens with one attached hydrogen (secondary N) is 1. The number of carbonyl (C=O) groups excluding carboxylic acids is 1. The summed E-state index contributed by atoms with van der Waals surface area (Å²) in [5.41, 5.74) is -2.13. The molecule has 2 saturated heterocycles. The van der Waals surface area contributed by atoms with Crippen LogP contribution >= 0.6 is 0 Å². The number of halogens is 2. The van der Waals surface area contributed by atoms with Crippen molar-refractivity contribution in [1.82, 2.24) is 15.1 Å². The Hall–Kier alpha value is -0.790. The molecule has 24 heavy (non-hydrogen) atoms. The highest BCUT2D eigenvalue weighted by Crippen LogP contribution is 2.44. The minimum atomic E-state index is -3.68. The number of hydrogen-bond acceptors (Lipinski definition) is 4. The summed E-state index contributed by atoms with van der Waals surface area (Å²) in [7, 11) is 2.13. The van der Waals surface area contributed by atoms with Crippen molar-refractivity contribution in [2.45, 2.75) is 68.6 Å². The quantitative estimate of drug-likeness (QED) is 0.804. The van der Waals surface area contributed by atoms with E-state index in [9.17, 15) is 18.7 Å². The van der Waals surface area contributed by atoms with Crippen LogP contribution in [0.25, 0.3) is 0 Å². The molecular formula is C17H29F2N3O2. The van der Waals surface area contributed by atoms with Crippen LogP contribution in [0.1, 0.15) is 44.9 Å². The lowest BCUT2D eigenvalue weighted by molar-refractivity contribution is -0.216. The molecule has 0 aromatic rings. The fraction of sp³-hybridized carbons (Fsp3) is 0.941. The zero-order valence-electron chi connectivity index (χ0n) is 14.4. The molecule has 0 aromatic heterocycles. The van der Waals surface area contributed by atoms with Crippen LogP contribution in [0.15, 0.2) is 0 Å². The number of rotatable bonds is 4. The molecule has 0 unspecified atom stereocenters. The molecule has 5 nitrogen and oxygen atoms in total. The van der Waals surface area contributed by atoms with Gasteiger partial charge in [-0.3, -0.25) is 4.79 Å². The first-order chi connectivity index (χ1) is 11.3. The molecule has 2 aliphatic heterocycles. The lowest BCUT2D eigenvalue weighted by atomic mass is 9.75. The van der Waals surface area contributed by atoms with Crippen LogP contribution in [0.4, 0.5) is 8.78 Å². The second-order valence-electron chi connectivity index (χ2n) is 7.78. The number of amides is 1. The highest BCUT2D eigenvalue weighted by Gasteiger charge is 2.61. The third kappa shape index (κ3) is 3.44. The van der Waals surface area contributed by atoms with E-state index in [1.165, 1.54) is 0 Å². The Labute approximate surface area is 142 Å². The average Bonchev–Trinajstić information content (AvgIpc) is 2.54. The molecule has 1 amide bonds. The maximum Gasteiger partial charge on any atom is 0.352 e. The predicted molar refractivity (Wildman–Crippen MR) is 87.0 cm³/mol. The summed E-state index contributed by atoms with van der Waals surface area (Å²) in [5, 5.41) is 12.3. The van der Waals surface area contributed by atoms with Gasteiger partial charge in [-0.05, 0) is 65.1 Å². The molecule has 0 spiro atoms. The first-order valence-electron chi connectivity index (χ1n) is 9.15. The Kier molecular flexibility index (Phi) is 5.14. The third-order valence-corrected chi connectivity index (χ3v) is 6.12. The van der Waals surface area contributed by atoms with Crippen LogP contribution in [0.5, 0.6) is 0 Å². The molecule has 0 aromatic carbocycles. The predicted octanol–water partition coefficient (Wildman–Crippen LogP) is 1.21. The molecule has 3 rings (SSSR count). The van der Waals surface area contributed by atoms with Gasteiger partial charge in [-0.1, -0.05) is 0 Å². The van der Waals surface area contributed by atoms with Crippen molar-refractivity contribution in [3.63, 3.8) is 0 Å². The molecule has 2 heterocycles. The van der Waals surface area contributed by atoms with Crippen molar-refractivity contribution in [1.29, 1.82) is 0 Å². The summed E-state index contributed by atoms with van der Waals surface area (Å²) in [6.45, 7) is 3.89. The van der Waals surface area contributed by atoms with E-state index in [0.717, 1.165) is 39.0 Å². The minimum Gasteiger partial charge on any atom is -0.383 e. The lowest BCUT2D eigenvalue weighted by Gasteiger charge is -2.43. The van der Waals surface area contributed by atoms with Gasteiger partial charge in [0.15, 0.2) is 0 Å². The van der Waals surface area contributed by atoms with Crippen LogP contribution in [-0.4, -0.2) is 77.6 Å². The van der Waals surface area contributed by atoms with Gasteiger partial charge in [-0.2, -0.15) is 8.78 Å². The van der Waals surface area contributed by atoms with Crippen LogP contribution in [0.2, 0.25) is 0 Å². The molecule has 2 N–H and O–H groups in total. The van der Waals surface area contributed by atoms with Crippen LogP contribution in [0, 0.1) is 0 Å². The first-order valence-corrected chi connectivity index (χ1v) is 9.15. The minimum absolute atomic E-state index is 0.00197. The average molecular weight is 345 g/mol. The Bertz CT molecular complexity index is 455. The second-order valence-corrected chi connectivity index (χ2v) is 7.78. The van der Waals surface area contributed by atoms with Gasteiger partial charge in [-0.25, -0.2) is 0 Å². The molecule has 7 heteroatoms. The summed E-state index contributed by atoms with van der Waals surface area (Å²) >= 11 is 0.